The van der Waals surface area contributed by atoms with Crippen molar-refractivity contribution >= 4 is 29.3 Å². The van der Waals surface area contributed by atoms with E-state index in [0.717, 1.165) is 28.3 Å². The summed E-state index contributed by atoms with van der Waals surface area (Å²) in [5.74, 6) is 0.677. The second-order valence-electron chi connectivity index (χ2n) is 7.59. The summed E-state index contributed by atoms with van der Waals surface area (Å²) in [6, 6.07) is 16.1. The van der Waals surface area contributed by atoms with Crippen molar-refractivity contribution in [3.8, 4) is 5.69 Å². The molecule has 7 heteroatoms. The number of nitrogens with one attached hydrogen (secondary N) is 1. The normalized spacial score (nSPS) is 19.8. The molecule has 0 amide bonds. The number of halogens is 1. The first-order valence-electron chi connectivity index (χ1n) is 9.83. The van der Waals surface area contributed by atoms with Crippen LogP contribution in [0.25, 0.3) is 11.3 Å². The van der Waals surface area contributed by atoms with Gasteiger partial charge in [0.25, 0.3) is 5.95 Å². The van der Waals surface area contributed by atoms with E-state index in [9.17, 15) is 0 Å². The molecule has 6 nitrogen and oxygen atoms in total. The number of rotatable bonds is 4. The van der Waals surface area contributed by atoms with E-state index < -0.39 is 0 Å². The van der Waals surface area contributed by atoms with Crippen molar-refractivity contribution in [3.05, 3.63) is 89.2 Å². The molecule has 1 aliphatic carbocycles. The second kappa shape index (κ2) is 7.55. The molecule has 5 rings (SSSR count). The van der Waals surface area contributed by atoms with Gasteiger partial charge in [0.15, 0.2) is 0 Å². The largest absolute Gasteiger partial charge is 0.288 e. The number of hydrazone groups is 1. The molecule has 0 spiro atoms. The van der Waals surface area contributed by atoms with Gasteiger partial charge in [0.05, 0.1) is 18.6 Å². The Balaban J connectivity index is 1.42. The molecule has 2 aromatic carbocycles. The van der Waals surface area contributed by atoms with E-state index in [1.165, 1.54) is 5.57 Å². The maximum atomic E-state index is 6.09. The summed E-state index contributed by atoms with van der Waals surface area (Å²) in [5.41, 5.74) is 4.13. The number of hydrogen-bond donors (Lipinski definition) is 1. The number of allylic oxidation sites excluding steroid dienone is 2. The predicted molar refractivity (Wildman–Crippen MR) is 121 cm³/mol. The van der Waals surface area contributed by atoms with Gasteiger partial charge < -0.3 is 0 Å². The quantitative estimate of drug-likeness (QED) is 0.683. The molecule has 2 aliphatic rings. The zero-order valence-electron chi connectivity index (χ0n) is 16.5. The molecule has 1 N–H and O–H groups in total. The van der Waals surface area contributed by atoms with Crippen LogP contribution >= 0.6 is 11.6 Å². The highest BCUT2D eigenvalue weighted by Crippen LogP contribution is 2.34. The van der Waals surface area contributed by atoms with Gasteiger partial charge in [0.2, 0.25) is 0 Å². The van der Waals surface area contributed by atoms with E-state index in [-0.39, 0.29) is 5.54 Å². The molecule has 3 aromatic rings. The van der Waals surface area contributed by atoms with Crippen LogP contribution in [0.4, 0.5) is 5.95 Å². The number of hydrogen-bond acceptors (Lipinski definition) is 5. The zero-order valence-corrected chi connectivity index (χ0v) is 17.3. The van der Waals surface area contributed by atoms with Gasteiger partial charge in [-0.3, -0.25) is 9.88 Å². The van der Waals surface area contributed by atoms with Crippen molar-refractivity contribution in [2.45, 2.75) is 18.9 Å². The van der Waals surface area contributed by atoms with Gasteiger partial charge in [0, 0.05) is 16.1 Å². The fraction of sp³-hybridized carbons (Fsp3) is 0.174. The maximum Gasteiger partial charge on any atom is 0.253 e. The minimum absolute atomic E-state index is 0.262. The van der Waals surface area contributed by atoms with Crippen molar-refractivity contribution in [1.82, 2.24) is 20.1 Å². The number of nitrogens with zero attached hydrogens (tertiary/aromatic N) is 5. The van der Waals surface area contributed by atoms with Crippen LogP contribution in [-0.2, 0) is 0 Å². The van der Waals surface area contributed by atoms with E-state index >= 15 is 0 Å². The molecule has 0 bridgehead atoms. The van der Waals surface area contributed by atoms with Crippen LogP contribution in [0.5, 0.6) is 0 Å². The van der Waals surface area contributed by atoms with Gasteiger partial charge in [0.1, 0.15) is 6.33 Å². The van der Waals surface area contributed by atoms with Gasteiger partial charge in [-0.05, 0) is 42.7 Å². The fourth-order valence-electron chi connectivity index (χ4n) is 3.91. The lowest BCUT2D eigenvalue weighted by Crippen LogP contribution is -2.48. The summed E-state index contributed by atoms with van der Waals surface area (Å²) in [6.45, 7) is 2.69. The summed E-state index contributed by atoms with van der Waals surface area (Å²) in [5, 5.41) is 19.4. The van der Waals surface area contributed by atoms with Crippen LogP contribution in [-0.4, -0.2) is 33.2 Å². The Morgan fingerprint density at radius 2 is 1.97 bits per heavy atom. The number of para-hydroxylation sites is 1. The Labute approximate surface area is 180 Å². The Kier molecular flexibility index (Phi) is 4.73. The monoisotopic (exact) mass is 416 g/mol. The number of benzene rings is 2. The van der Waals surface area contributed by atoms with E-state index in [0.29, 0.717) is 12.6 Å². The number of fused-ring (bicyclic) bond motifs is 3. The Bertz CT molecular complexity index is 1160. The molecule has 1 aliphatic heterocycles. The summed E-state index contributed by atoms with van der Waals surface area (Å²) in [6.07, 6.45) is 10.9. The van der Waals surface area contributed by atoms with Crippen LogP contribution in [0, 0.1) is 0 Å². The molecule has 1 aromatic heterocycles. The molecule has 2 heterocycles. The van der Waals surface area contributed by atoms with Crippen molar-refractivity contribution in [2.75, 3.05) is 11.7 Å². The molecule has 1 unspecified atom stereocenters. The van der Waals surface area contributed by atoms with Crippen LogP contribution in [0.2, 0.25) is 5.02 Å². The Hall–Kier alpha value is -3.22. The molecular formula is C23H21ClN6. The third-order valence-corrected chi connectivity index (χ3v) is 5.84. The minimum Gasteiger partial charge on any atom is -0.288 e. The molecule has 0 fully saturated rings. The molecular weight excluding hydrogens is 396 g/mol. The Morgan fingerprint density at radius 1 is 1.13 bits per heavy atom. The lowest BCUT2D eigenvalue weighted by molar-refractivity contribution is 0.448. The first-order valence-corrected chi connectivity index (χ1v) is 10.2. The van der Waals surface area contributed by atoms with Gasteiger partial charge in [-0.2, -0.15) is 5.10 Å². The highest BCUT2D eigenvalue weighted by molar-refractivity contribution is 6.30. The van der Waals surface area contributed by atoms with Gasteiger partial charge in [-0.1, -0.05) is 60.2 Å². The molecule has 1 atom stereocenters. The first-order chi connectivity index (χ1) is 14.6. The standard InChI is InChI=1S/C23H21ClN6/c1-23(13-5-4-7-20(23)17-9-11-19(24)12-10-17)25-15-30-22-28-26-16-29(22)21-8-3-2-6-18(21)14-27-30/h2-12,14,16,25H,13,15H2,1H3. The first kappa shape index (κ1) is 18.8. The van der Waals surface area contributed by atoms with Crippen molar-refractivity contribution in [3.63, 3.8) is 0 Å². The lowest BCUT2D eigenvalue weighted by Gasteiger charge is -2.36. The summed E-state index contributed by atoms with van der Waals surface area (Å²) in [4.78, 5) is 0. The summed E-state index contributed by atoms with van der Waals surface area (Å²) < 4.78 is 1.96. The average molecular weight is 417 g/mol. The van der Waals surface area contributed by atoms with Gasteiger partial charge >= 0.3 is 0 Å². The molecule has 0 saturated carbocycles. The van der Waals surface area contributed by atoms with Crippen molar-refractivity contribution in [1.29, 1.82) is 0 Å². The highest BCUT2D eigenvalue weighted by Gasteiger charge is 2.31. The van der Waals surface area contributed by atoms with Crippen LogP contribution in [0.15, 0.2) is 78.2 Å². The van der Waals surface area contributed by atoms with Crippen molar-refractivity contribution in [2.24, 2.45) is 5.10 Å². The van der Waals surface area contributed by atoms with Gasteiger partial charge in [-0.25, -0.2) is 5.01 Å². The van der Waals surface area contributed by atoms with E-state index in [1.807, 2.05) is 52.2 Å². The number of anilines is 1. The van der Waals surface area contributed by atoms with Crippen LogP contribution < -0.4 is 10.3 Å². The lowest BCUT2D eigenvalue weighted by atomic mass is 9.81. The highest BCUT2D eigenvalue weighted by atomic mass is 35.5. The summed E-state index contributed by atoms with van der Waals surface area (Å²) in [7, 11) is 0. The second-order valence-corrected chi connectivity index (χ2v) is 8.03. The van der Waals surface area contributed by atoms with Crippen LogP contribution in [0.1, 0.15) is 24.5 Å². The molecule has 0 radical (unpaired) electrons. The van der Waals surface area contributed by atoms with Crippen LogP contribution in [0.3, 0.4) is 0 Å². The molecule has 0 saturated heterocycles. The smallest absolute Gasteiger partial charge is 0.253 e. The van der Waals surface area contributed by atoms with E-state index in [4.69, 9.17) is 11.6 Å². The molecule has 150 valence electrons. The fourth-order valence-corrected chi connectivity index (χ4v) is 4.03. The van der Waals surface area contributed by atoms with Crippen molar-refractivity contribution < 1.29 is 0 Å². The third-order valence-electron chi connectivity index (χ3n) is 5.59. The SMILES string of the molecule is CC1(NCN2N=Cc3ccccc3-n3cnnc32)CC=CC=C1c1ccc(Cl)cc1. The zero-order chi connectivity index (χ0) is 20.6. The van der Waals surface area contributed by atoms with E-state index in [1.54, 1.807) is 6.33 Å². The third kappa shape index (κ3) is 3.34. The minimum atomic E-state index is -0.262. The topological polar surface area (TPSA) is 58.3 Å². The van der Waals surface area contributed by atoms with E-state index in [2.05, 4.69) is 57.9 Å². The number of aromatic nitrogens is 3. The maximum absolute atomic E-state index is 6.09. The predicted octanol–water partition coefficient (Wildman–Crippen LogP) is 4.42. The average Bonchev–Trinajstić information content (AvgIpc) is 3.19. The van der Waals surface area contributed by atoms with Gasteiger partial charge in [-0.15, -0.1) is 10.2 Å². The Morgan fingerprint density at radius 3 is 2.83 bits per heavy atom. The summed E-state index contributed by atoms with van der Waals surface area (Å²) >= 11 is 6.09. The molecule has 30 heavy (non-hydrogen) atoms.